The number of aliphatic carboxylic acids is 1. The van der Waals surface area contributed by atoms with Gasteiger partial charge in [0.25, 0.3) is 5.91 Å². The van der Waals surface area contributed by atoms with Crippen LogP contribution >= 0.6 is 0 Å². The van der Waals surface area contributed by atoms with Crippen molar-refractivity contribution in [2.24, 2.45) is 0 Å². The van der Waals surface area contributed by atoms with E-state index in [1.807, 2.05) is 0 Å². The van der Waals surface area contributed by atoms with Gasteiger partial charge in [-0.2, -0.15) is 0 Å². The summed E-state index contributed by atoms with van der Waals surface area (Å²) < 4.78 is 0. The number of rotatable bonds is 5. The topological polar surface area (TPSA) is 116 Å². The van der Waals surface area contributed by atoms with Crippen molar-refractivity contribution in [2.45, 2.75) is 25.4 Å². The Bertz CT molecular complexity index is 609. The molecule has 21 heavy (non-hydrogen) atoms. The van der Waals surface area contributed by atoms with Crippen molar-refractivity contribution >= 4 is 23.5 Å². The molecule has 2 rings (SSSR count). The minimum Gasteiger partial charge on any atom is -0.481 e. The number of carboxylic acids is 1. The largest absolute Gasteiger partial charge is 0.481 e. The van der Waals surface area contributed by atoms with E-state index in [-0.39, 0.29) is 12.5 Å². The van der Waals surface area contributed by atoms with E-state index in [4.69, 9.17) is 5.11 Å². The molecule has 7 heteroatoms. The van der Waals surface area contributed by atoms with Crippen LogP contribution in [-0.4, -0.2) is 40.1 Å². The maximum absolute atomic E-state index is 12.0. The van der Waals surface area contributed by atoms with Gasteiger partial charge in [-0.15, -0.1) is 0 Å². The molecule has 1 aliphatic rings. The van der Waals surface area contributed by atoms with Crippen LogP contribution in [0.25, 0.3) is 0 Å². The van der Waals surface area contributed by atoms with Crippen LogP contribution in [0.1, 0.15) is 29.3 Å². The molecule has 0 bridgehead atoms. The number of amides is 2. The van der Waals surface area contributed by atoms with Crippen molar-refractivity contribution in [1.82, 2.24) is 5.32 Å². The molecule has 1 unspecified atom stereocenters. The zero-order valence-electron chi connectivity index (χ0n) is 11.5. The van der Waals surface area contributed by atoms with Crippen molar-refractivity contribution in [3.05, 3.63) is 29.3 Å². The van der Waals surface area contributed by atoms with Gasteiger partial charge < -0.3 is 20.8 Å². The molecule has 7 nitrogen and oxygen atoms in total. The van der Waals surface area contributed by atoms with Crippen LogP contribution in [0.15, 0.2) is 18.2 Å². The van der Waals surface area contributed by atoms with Crippen molar-refractivity contribution in [3.8, 4) is 0 Å². The average Bonchev–Trinajstić information content (AvgIpc) is 2.73. The predicted molar refractivity (Wildman–Crippen MR) is 74.0 cm³/mol. The van der Waals surface area contributed by atoms with Gasteiger partial charge in [0.15, 0.2) is 0 Å². The lowest BCUT2D eigenvalue weighted by molar-refractivity contribution is -0.141. The van der Waals surface area contributed by atoms with E-state index < -0.39 is 23.9 Å². The molecule has 0 aliphatic carbocycles. The number of hydrogen-bond acceptors (Lipinski definition) is 4. The Morgan fingerprint density at radius 3 is 2.81 bits per heavy atom. The van der Waals surface area contributed by atoms with Crippen LogP contribution < -0.4 is 10.6 Å². The van der Waals surface area contributed by atoms with E-state index in [1.165, 1.54) is 6.92 Å². The van der Waals surface area contributed by atoms with Crippen molar-refractivity contribution in [1.29, 1.82) is 0 Å². The number of carboxylic acid groups (broad SMARTS) is 1. The van der Waals surface area contributed by atoms with Crippen LogP contribution in [0.5, 0.6) is 0 Å². The van der Waals surface area contributed by atoms with E-state index in [1.54, 1.807) is 18.2 Å². The lowest BCUT2D eigenvalue weighted by Crippen LogP contribution is -2.42. The fraction of sp³-hybridized carbons (Fsp3) is 0.357. The number of anilines is 1. The summed E-state index contributed by atoms with van der Waals surface area (Å²) in [5.41, 5.74) is 0.244. The van der Waals surface area contributed by atoms with Crippen molar-refractivity contribution in [3.63, 3.8) is 0 Å². The molecule has 0 fully saturated rings. The Hall–Kier alpha value is -2.41. The number of carbonyl (C=O) groups excluding carboxylic acids is 2. The van der Waals surface area contributed by atoms with Gasteiger partial charge in [0.1, 0.15) is 0 Å². The smallest absolute Gasteiger partial charge is 0.306 e. The molecule has 0 saturated heterocycles. The van der Waals surface area contributed by atoms with E-state index in [9.17, 15) is 19.5 Å². The van der Waals surface area contributed by atoms with Crippen LogP contribution in [-0.2, 0) is 16.0 Å². The molecule has 112 valence electrons. The zero-order valence-corrected chi connectivity index (χ0v) is 11.5. The molecule has 0 spiro atoms. The van der Waals surface area contributed by atoms with Crippen molar-refractivity contribution < 1.29 is 24.6 Å². The maximum Gasteiger partial charge on any atom is 0.306 e. The summed E-state index contributed by atoms with van der Waals surface area (Å²) in [6.45, 7) is 1.16. The molecule has 1 aromatic carbocycles. The first kappa shape index (κ1) is 15.0. The summed E-state index contributed by atoms with van der Waals surface area (Å²) in [7, 11) is 0. The van der Waals surface area contributed by atoms with Gasteiger partial charge >= 0.3 is 5.97 Å². The maximum atomic E-state index is 12.0. The van der Waals surface area contributed by atoms with Crippen LogP contribution in [0.2, 0.25) is 0 Å². The second-order valence-electron chi connectivity index (χ2n) is 5.35. The first-order chi connectivity index (χ1) is 9.77. The molecule has 0 radical (unpaired) electrons. The van der Waals surface area contributed by atoms with Gasteiger partial charge in [-0.05, 0) is 24.6 Å². The monoisotopic (exact) mass is 292 g/mol. The second-order valence-corrected chi connectivity index (χ2v) is 5.35. The lowest BCUT2D eigenvalue weighted by Gasteiger charge is -2.21. The molecule has 1 aliphatic heterocycles. The fourth-order valence-corrected chi connectivity index (χ4v) is 2.12. The highest BCUT2D eigenvalue weighted by atomic mass is 16.4. The molecule has 0 aromatic heterocycles. The van der Waals surface area contributed by atoms with Gasteiger partial charge in [-0.3, -0.25) is 14.4 Å². The minimum absolute atomic E-state index is 0.119. The summed E-state index contributed by atoms with van der Waals surface area (Å²) in [5, 5.41) is 23.6. The third kappa shape index (κ3) is 3.79. The van der Waals surface area contributed by atoms with Crippen molar-refractivity contribution in [2.75, 3.05) is 11.9 Å². The molecule has 1 aromatic rings. The first-order valence-corrected chi connectivity index (χ1v) is 6.42. The van der Waals surface area contributed by atoms with E-state index in [0.717, 1.165) is 5.56 Å². The SMILES string of the molecule is CC(O)(CNC(=O)c1ccc2c(c1)NC(=O)C2)CC(=O)O. The summed E-state index contributed by atoms with van der Waals surface area (Å²) in [5.74, 6) is -1.70. The lowest BCUT2D eigenvalue weighted by atomic mass is 10.0. The minimum atomic E-state index is -1.52. The Balaban J connectivity index is 2.00. The van der Waals surface area contributed by atoms with Gasteiger partial charge in [0.2, 0.25) is 5.91 Å². The van der Waals surface area contributed by atoms with Gasteiger partial charge in [-0.25, -0.2) is 0 Å². The Kier molecular flexibility index (Phi) is 3.95. The van der Waals surface area contributed by atoms with E-state index in [2.05, 4.69) is 10.6 Å². The van der Waals surface area contributed by atoms with Gasteiger partial charge in [0, 0.05) is 17.8 Å². The van der Waals surface area contributed by atoms with E-state index >= 15 is 0 Å². The molecule has 1 atom stereocenters. The number of fused-ring (bicyclic) bond motifs is 1. The van der Waals surface area contributed by atoms with Gasteiger partial charge in [0.05, 0.1) is 18.4 Å². The molecular formula is C14H16N2O5. The first-order valence-electron chi connectivity index (χ1n) is 6.42. The predicted octanol–water partition coefficient (Wildman–Crippen LogP) is 0.137. The van der Waals surface area contributed by atoms with E-state index in [0.29, 0.717) is 17.7 Å². The normalized spacial score (nSPS) is 15.8. The quantitative estimate of drug-likeness (QED) is 0.616. The standard InChI is InChI=1S/C14H16N2O5/c1-14(21,6-12(18)19)7-15-13(20)9-3-2-8-5-11(17)16-10(8)4-9/h2-4,21H,5-7H2,1H3,(H,15,20)(H,16,17)(H,18,19). The number of benzene rings is 1. The third-order valence-corrected chi connectivity index (χ3v) is 3.16. The number of nitrogens with one attached hydrogen (secondary N) is 2. The summed E-state index contributed by atoms with van der Waals surface area (Å²) in [6, 6.07) is 4.83. The Labute approximate surface area is 121 Å². The van der Waals surface area contributed by atoms with Crippen LogP contribution in [0.3, 0.4) is 0 Å². The summed E-state index contributed by atoms with van der Waals surface area (Å²) in [6.07, 6.45) is -0.169. The van der Waals surface area contributed by atoms with Gasteiger partial charge in [-0.1, -0.05) is 6.07 Å². The fourth-order valence-electron chi connectivity index (χ4n) is 2.12. The molecule has 1 heterocycles. The summed E-state index contributed by atoms with van der Waals surface area (Å²) in [4.78, 5) is 33.8. The number of hydrogen-bond donors (Lipinski definition) is 4. The van der Waals surface area contributed by atoms with Crippen LogP contribution in [0.4, 0.5) is 5.69 Å². The molecule has 0 saturated carbocycles. The Morgan fingerprint density at radius 2 is 2.14 bits per heavy atom. The third-order valence-electron chi connectivity index (χ3n) is 3.16. The van der Waals surface area contributed by atoms with Crippen LogP contribution in [0, 0.1) is 0 Å². The molecule has 4 N–H and O–H groups in total. The summed E-state index contributed by atoms with van der Waals surface area (Å²) >= 11 is 0. The molecular weight excluding hydrogens is 276 g/mol. The Morgan fingerprint density at radius 1 is 1.43 bits per heavy atom. The number of aliphatic hydroxyl groups is 1. The zero-order chi connectivity index (χ0) is 15.6. The number of carbonyl (C=O) groups is 3. The second kappa shape index (κ2) is 5.53. The highest BCUT2D eigenvalue weighted by Gasteiger charge is 2.25. The highest BCUT2D eigenvalue weighted by Crippen LogP contribution is 2.24. The highest BCUT2D eigenvalue weighted by molar-refractivity contribution is 6.02. The molecule has 2 amide bonds. The average molecular weight is 292 g/mol.